The number of fused-ring (bicyclic) bond motifs is 1. The number of benzene rings is 3. The maximum atomic E-state index is 14.9. The van der Waals surface area contributed by atoms with Crippen molar-refractivity contribution in [2.45, 2.75) is 51.9 Å². The second-order valence-electron chi connectivity index (χ2n) is 10.8. The summed E-state index contributed by atoms with van der Waals surface area (Å²) in [5, 5.41) is 5.94. The Bertz CT molecular complexity index is 1810. The first-order valence-electron chi connectivity index (χ1n) is 14.1. The summed E-state index contributed by atoms with van der Waals surface area (Å²) in [6.07, 6.45) is -4.37. The summed E-state index contributed by atoms with van der Waals surface area (Å²) in [7, 11) is 2.45. The zero-order valence-electron chi connectivity index (χ0n) is 25.2. The van der Waals surface area contributed by atoms with Crippen LogP contribution in [0.2, 0.25) is 0 Å². The van der Waals surface area contributed by atoms with Gasteiger partial charge >= 0.3 is 12.1 Å². The average molecular weight is 630 g/mol. The summed E-state index contributed by atoms with van der Waals surface area (Å²) in [6, 6.07) is 10.5. The van der Waals surface area contributed by atoms with Crippen LogP contribution in [0.4, 0.5) is 27.6 Å². The van der Waals surface area contributed by atoms with Gasteiger partial charge in [0.2, 0.25) is 0 Å². The van der Waals surface area contributed by atoms with Crippen molar-refractivity contribution in [2.75, 3.05) is 12.4 Å². The number of rotatable bonds is 9. The van der Waals surface area contributed by atoms with Crippen LogP contribution in [0.25, 0.3) is 21.9 Å². The number of amides is 1. The maximum Gasteiger partial charge on any atom is 0.417 e. The molecule has 0 saturated heterocycles. The van der Waals surface area contributed by atoms with Gasteiger partial charge in [0.15, 0.2) is 0 Å². The van der Waals surface area contributed by atoms with E-state index in [9.17, 15) is 36.3 Å². The normalized spacial score (nSPS) is 12.9. The monoisotopic (exact) mass is 629 g/mol. The molecule has 0 aliphatic heterocycles. The number of nitrogens with one attached hydrogen (secondary N) is 2. The molecule has 1 amide bonds. The lowest BCUT2D eigenvalue weighted by Gasteiger charge is -2.20. The Labute approximate surface area is 256 Å². The van der Waals surface area contributed by atoms with Crippen molar-refractivity contribution in [3.05, 3.63) is 99.0 Å². The third-order valence-corrected chi connectivity index (χ3v) is 7.77. The van der Waals surface area contributed by atoms with Crippen LogP contribution >= 0.6 is 0 Å². The van der Waals surface area contributed by atoms with E-state index in [4.69, 9.17) is 4.74 Å². The first-order chi connectivity index (χ1) is 21.2. The van der Waals surface area contributed by atoms with Crippen LogP contribution in [0.3, 0.4) is 0 Å². The Morgan fingerprint density at radius 3 is 2.20 bits per heavy atom. The van der Waals surface area contributed by atoms with Crippen molar-refractivity contribution in [2.24, 2.45) is 7.05 Å². The smallest absolute Gasteiger partial charge is 0.417 e. The van der Waals surface area contributed by atoms with Crippen molar-refractivity contribution >= 4 is 28.3 Å². The van der Waals surface area contributed by atoms with E-state index in [-0.39, 0.29) is 34.8 Å². The molecule has 238 valence electrons. The number of ether oxygens (including phenoxy) is 1. The van der Waals surface area contributed by atoms with Gasteiger partial charge in [-0.15, -0.1) is 0 Å². The average Bonchev–Trinajstić information content (AvgIpc) is 2.98. The zero-order valence-corrected chi connectivity index (χ0v) is 25.2. The highest BCUT2D eigenvalue weighted by atomic mass is 19.4. The number of methoxy groups -OCH3 is 1. The summed E-state index contributed by atoms with van der Waals surface area (Å²) in [5.74, 6) is -4.40. The zero-order chi connectivity index (χ0) is 33.2. The third kappa shape index (κ3) is 6.84. The fraction of sp³-hybridized carbons (Fsp3) is 0.303. The van der Waals surface area contributed by atoms with Crippen LogP contribution in [-0.2, 0) is 29.2 Å². The minimum Gasteiger partial charge on any atom is -0.467 e. The largest absolute Gasteiger partial charge is 0.467 e. The molecule has 1 aromatic heterocycles. The predicted octanol–water partition coefficient (Wildman–Crippen LogP) is 6.54. The number of aromatic nitrogens is 1. The summed E-state index contributed by atoms with van der Waals surface area (Å²) in [6.45, 7) is 5.11. The standard InChI is InChI=1S/C33H32F5N3O4/c1-6-17(2)39-20-15-25(34)29(26(35)16-20)30(42)40-27(32(44)45-5)14-19-11-12-23(22-10-8-7-9-21(19)22)28-24(33(36,37)38)13-18(3)41(4)31(28)43/h7-13,15-17,27,39H,6,14H2,1-5H3,(H,40,42)/t17-,27-/m0/s1. The van der Waals surface area contributed by atoms with E-state index in [1.54, 1.807) is 24.3 Å². The first-order valence-corrected chi connectivity index (χ1v) is 14.1. The molecule has 1 heterocycles. The molecule has 2 atom stereocenters. The molecule has 0 bridgehead atoms. The van der Waals surface area contributed by atoms with E-state index in [1.807, 2.05) is 13.8 Å². The Balaban J connectivity index is 1.76. The molecule has 0 unspecified atom stereocenters. The fourth-order valence-electron chi connectivity index (χ4n) is 5.11. The molecular formula is C33H32F5N3O4. The number of nitrogens with zero attached hydrogens (tertiary/aromatic N) is 1. The first kappa shape index (κ1) is 33.2. The van der Waals surface area contributed by atoms with Crippen LogP contribution < -0.4 is 16.2 Å². The molecule has 2 N–H and O–H groups in total. The van der Waals surface area contributed by atoms with E-state index in [0.29, 0.717) is 17.4 Å². The Hall–Kier alpha value is -4.74. The van der Waals surface area contributed by atoms with Gasteiger partial charge in [0, 0.05) is 30.9 Å². The molecule has 0 aliphatic rings. The summed E-state index contributed by atoms with van der Waals surface area (Å²) in [4.78, 5) is 39.0. The van der Waals surface area contributed by atoms with E-state index in [0.717, 1.165) is 29.9 Å². The lowest BCUT2D eigenvalue weighted by molar-refractivity contribution is -0.142. The fourth-order valence-corrected chi connectivity index (χ4v) is 5.11. The number of hydrogen-bond acceptors (Lipinski definition) is 5. The van der Waals surface area contributed by atoms with Gasteiger partial charge in [-0.3, -0.25) is 9.59 Å². The molecule has 4 rings (SSSR count). The minimum absolute atomic E-state index is 0.0242. The van der Waals surface area contributed by atoms with E-state index in [2.05, 4.69) is 10.6 Å². The molecule has 3 aromatic carbocycles. The molecule has 0 saturated carbocycles. The summed E-state index contributed by atoms with van der Waals surface area (Å²) < 4.78 is 78.2. The number of esters is 1. The second-order valence-corrected chi connectivity index (χ2v) is 10.8. The lowest BCUT2D eigenvalue weighted by Crippen LogP contribution is -2.43. The van der Waals surface area contributed by atoms with Crippen molar-refractivity contribution in [1.82, 2.24) is 9.88 Å². The van der Waals surface area contributed by atoms with Crippen LogP contribution in [0.1, 0.15) is 47.4 Å². The number of carbonyl (C=O) groups excluding carboxylic acids is 2. The van der Waals surface area contributed by atoms with Crippen LogP contribution in [0.15, 0.2) is 59.4 Å². The highest BCUT2D eigenvalue weighted by molar-refractivity contribution is 6.00. The number of halogens is 5. The molecule has 4 aromatic rings. The summed E-state index contributed by atoms with van der Waals surface area (Å²) in [5.41, 5.74) is -2.66. The molecule has 0 fully saturated rings. The topological polar surface area (TPSA) is 89.4 Å². The van der Waals surface area contributed by atoms with Crippen molar-refractivity contribution in [3.8, 4) is 11.1 Å². The van der Waals surface area contributed by atoms with Gasteiger partial charge in [-0.2, -0.15) is 13.2 Å². The van der Waals surface area contributed by atoms with Gasteiger partial charge in [0.1, 0.15) is 23.2 Å². The van der Waals surface area contributed by atoms with Crippen molar-refractivity contribution in [3.63, 3.8) is 0 Å². The molecule has 45 heavy (non-hydrogen) atoms. The van der Waals surface area contributed by atoms with Gasteiger partial charge in [-0.25, -0.2) is 13.6 Å². The quantitative estimate of drug-likeness (QED) is 0.162. The van der Waals surface area contributed by atoms with Crippen LogP contribution in [0.5, 0.6) is 0 Å². The Morgan fingerprint density at radius 1 is 1.00 bits per heavy atom. The SMILES string of the molecule is CC[C@H](C)Nc1cc(F)c(C(=O)N[C@@H](Cc2ccc(-c3c(C(F)(F)F)cc(C)n(C)c3=O)c3ccccc23)C(=O)OC)c(F)c1. The minimum atomic E-state index is -4.82. The number of pyridine rings is 1. The predicted molar refractivity (Wildman–Crippen MR) is 161 cm³/mol. The van der Waals surface area contributed by atoms with E-state index < -0.39 is 58.0 Å². The van der Waals surface area contributed by atoms with Gasteiger partial charge in [0.25, 0.3) is 11.5 Å². The molecule has 0 spiro atoms. The van der Waals surface area contributed by atoms with Crippen LogP contribution in [-0.4, -0.2) is 35.6 Å². The second kappa shape index (κ2) is 13.1. The molecule has 0 aliphatic carbocycles. The highest BCUT2D eigenvalue weighted by Gasteiger charge is 2.36. The number of anilines is 1. The van der Waals surface area contributed by atoms with Gasteiger partial charge < -0.3 is 19.9 Å². The van der Waals surface area contributed by atoms with Crippen molar-refractivity contribution in [1.29, 1.82) is 0 Å². The number of aryl methyl sites for hydroxylation is 1. The van der Waals surface area contributed by atoms with E-state index in [1.165, 1.54) is 26.1 Å². The van der Waals surface area contributed by atoms with Gasteiger partial charge in [-0.1, -0.05) is 43.3 Å². The Kier molecular flexibility index (Phi) is 9.65. The maximum absolute atomic E-state index is 14.9. The van der Waals surface area contributed by atoms with Crippen molar-refractivity contribution < 1.29 is 36.3 Å². The highest BCUT2D eigenvalue weighted by Crippen LogP contribution is 2.39. The van der Waals surface area contributed by atoms with Gasteiger partial charge in [0.05, 0.1) is 18.2 Å². The molecule has 0 radical (unpaired) electrons. The van der Waals surface area contributed by atoms with E-state index >= 15 is 0 Å². The number of hydrogen-bond donors (Lipinski definition) is 2. The lowest BCUT2D eigenvalue weighted by atomic mass is 9.90. The number of carbonyl (C=O) groups is 2. The molecular weight excluding hydrogens is 597 g/mol. The summed E-state index contributed by atoms with van der Waals surface area (Å²) >= 11 is 0. The molecule has 7 nitrogen and oxygen atoms in total. The van der Waals surface area contributed by atoms with Gasteiger partial charge in [-0.05, 0) is 60.4 Å². The third-order valence-electron chi connectivity index (χ3n) is 7.77. The number of alkyl halides is 3. The van der Waals surface area contributed by atoms with Crippen LogP contribution in [0, 0.1) is 18.6 Å². The Morgan fingerprint density at radius 2 is 1.62 bits per heavy atom. The molecule has 12 heteroatoms.